The predicted molar refractivity (Wildman–Crippen MR) is 131 cm³/mol. The van der Waals surface area contributed by atoms with Crippen molar-refractivity contribution < 1.29 is 14.3 Å². The van der Waals surface area contributed by atoms with Crippen LogP contribution in [0.25, 0.3) is 11.1 Å². The largest absolute Gasteiger partial charge is 0.496 e. The van der Waals surface area contributed by atoms with Crippen molar-refractivity contribution >= 4 is 11.8 Å². The first kappa shape index (κ1) is 23.5. The molecule has 8 nitrogen and oxygen atoms in total. The first-order valence-corrected chi connectivity index (χ1v) is 11.7. The van der Waals surface area contributed by atoms with E-state index in [-0.39, 0.29) is 11.8 Å². The Kier molecular flexibility index (Phi) is 7.59. The summed E-state index contributed by atoms with van der Waals surface area (Å²) in [4.78, 5) is 27.8. The molecule has 34 heavy (non-hydrogen) atoms. The Hall–Kier alpha value is -3.65. The average Bonchev–Trinajstić information content (AvgIpc) is 3.57. The lowest BCUT2D eigenvalue weighted by Crippen LogP contribution is -2.40. The van der Waals surface area contributed by atoms with E-state index < -0.39 is 0 Å². The van der Waals surface area contributed by atoms with Crippen molar-refractivity contribution in [2.75, 3.05) is 26.7 Å². The Morgan fingerprint density at radius 1 is 1.15 bits per heavy atom. The van der Waals surface area contributed by atoms with E-state index in [0.29, 0.717) is 36.0 Å². The lowest BCUT2D eigenvalue weighted by Gasteiger charge is -2.22. The van der Waals surface area contributed by atoms with Gasteiger partial charge in [0.15, 0.2) is 0 Å². The average molecular weight is 462 g/mol. The van der Waals surface area contributed by atoms with Crippen molar-refractivity contribution in [3.8, 4) is 16.9 Å². The number of nitrogens with zero attached hydrogens (tertiary/aromatic N) is 2. The fourth-order valence-electron chi connectivity index (χ4n) is 4.43. The third kappa shape index (κ3) is 5.46. The van der Waals surface area contributed by atoms with Gasteiger partial charge in [0, 0.05) is 47.6 Å². The lowest BCUT2D eigenvalue weighted by atomic mass is 10.0. The molecule has 3 N–H and O–H groups in total. The van der Waals surface area contributed by atoms with Crippen LogP contribution in [-0.2, 0) is 6.54 Å². The minimum Gasteiger partial charge on any atom is -0.496 e. The molecule has 2 aromatic carbocycles. The number of hydrogen-bond acceptors (Lipinski definition) is 5. The zero-order chi connectivity index (χ0) is 23.9. The number of carbonyl (C=O) groups is 2. The van der Waals surface area contributed by atoms with Crippen LogP contribution < -0.4 is 15.4 Å². The SMILES string of the molecule is CCN1CCC[C@H]1CNC(=O)c1cccc(CNC(=O)c2ccc(-c3cn[nH]c3)c(OC)c2)c1. The van der Waals surface area contributed by atoms with Crippen LogP contribution in [0, 0.1) is 0 Å². The van der Waals surface area contributed by atoms with Gasteiger partial charge in [0.1, 0.15) is 5.75 Å². The quantitative estimate of drug-likeness (QED) is 0.454. The van der Waals surface area contributed by atoms with Crippen molar-refractivity contribution in [1.82, 2.24) is 25.7 Å². The second-order valence-electron chi connectivity index (χ2n) is 8.42. The van der Waals surface area contributed by atoms with E-state index >= 15 is 0 Å². The zero-order valence-corrected chi connectivity index (χ0v) is 19.6. The van der Waals surface area contributed by atoms with Gasteiger partial charge in [0.2, 0.25) is 0 Å². The predicted octanol–water partition coefficient (Wildman–Crippen LogP) is 3.23. The molecule has 178 valence electrons. The maximum absolute atomic E-state index is 12.7. The van der Waals surface area contributed by atoms with Crippen molar-refractivity contribution in [1.29, 1.82) is 0 Å². The van der Waals surface area contributed by atoms with Crippen LogP contribution in [0.5, 0.6) is 5.75 Å². The summed E-state index contributed by atoms with van der Waals surface area (Å²) in [5, 5.41) is 12.7. The van der Waals surface area contributed by atoms with Gasteiger partial charge in [-0.25, -0.2) is 0 Å². The summed E-state index contributed by atoms with van der Waals surface area (Å²) in [6, 6.07) is 13.1. The Balaban J connectivity index is 1.35. The maximum atomic E-state index is 12.7. The van der Waals surface area contributed by atoms with Gasteiger partial charge in [-0.3, -0.25) is 19.6 Å². The first-order chi connectivity index (χ1) is 16.6. The number of amides is 2. The molecule has 1 fully saturated rings. The molecule has 3 aromatic rings. The molecule has 1 aliphatic heterocycles. The normalized spacial score (nSPS) is 15.8. The number of H-pyrrole nitrogens is 1. The third-order valence-corrected chi connectivity index (χ3v) is 6.32. The smallest absolute Gasteiger partial charge is 0.251 e. The number of likely N-dealkylation sites (tertiary alicyclic amines) is 1. The number of likely N-dealkylation sites (N-methyl/N-ethyl adjacent to an activating group) is 1. The second kappa shape index (κ2) is 11.0. The van der Waals surface area contributed by atoms with Crippen LogP contribution in [0.1, 0.15) is 46.0 Å². The van der Waals surface area contributed by atoms with E-state index in [1.807, 2.05) is 24.3 Å². The monoisotopic (exact) mass is 461 g/mol. The number of aromatic amines is 1. The highest BCUT2D eigenvalue weighted by molar-refractivity contribution is 5.96. The molecule has 1 aliphatic rings. The number of nitrogens with one attached hydrogen (secondary N) is 3. The maximum Gasteiger partial charge on any atom is 0.251 e. The van der Waals surface area contributed by atoms with Gasteiger partial charge < -0.3 is 15.4 Å². The van der Waals surface area contributed by atoms with Crippen LogP contribution in [0.4, 0.5) is 0 Å². The molecule has 8 heteroatoms. The summed E-state index contributed by atoms with van der Waals surface area (Å²) in [6.45, 7) is 5.24. The summed E-state index contributed by atoms with van der Waals surface area (Å²) >= 11 is 0. The summed E-state index contributed by atoms with van der Waals surface area (Å²) in [5.41, 5.74) is 3.69. The number of aromatic nitrogens is 2. The Bertz CT molecular complexity index is 1130. The Morgan fingerprint density at radius 2 is 1.97 bits per heavy atom. The number of methoxy groups -OCH3 is 1. The van der Waals surface area contributed by atoms with Crippen LogP contribution in [-0.4, -0.2) is 59.7 Å². The summed E-state index contributed by atoms with van der Waals surface area (Å²) in [6.07, 6.45) is 5.78. The van der Waals surface area contributed by atoms with Crippen LogP contribution in [0.2, 0.25) is 0 Å². The van der Waals surface area contributed by atoms with E-state index in [9.17, 15) is 9.59 Å². The number of carbonyl (C=O) groups excluding carboxylic acids is 2. The van der Waals surface area contributed by atoms with Crippen molar-refractivity contribution in [3.63, 3.8) is 0 Å². The molecular weight excluding hydrogens is 430 g/mol. The molecule has 0 bridgehead atoms. The highest BCUT2D eigenvalue weighted by Crippen LogP contribution is 2.30. The molecule has 0 saturated carbocycles. The van der Waals surface area contributed by atoms with Crippen molar-refractivity contribution in [2.45, 2.75) is 32.4 Å². The third-order valence-electron chi connectivity index (χ3n) is 6.32. The topological polar surface area (TPSA) is 99.4 Å². The van der Waals surface area contributed by atoms with Crippen LogP contribution >= 0.6 is 0 Å². The van der Waals surface area contributed by atoms with Gasteiger partial charge in [-0.05, 0) is 61.8 Å². The van der Waals surface area contributed by atoms with Gasteiger partial charge in [0.05, 0.1) is 13.3 Å². The van der Waals surface area contributed by atoms with Gasteiger partial charge >= 0.3 is 0 Å². The fraction of sp³-hybridized carbons (Fsp3) is 0.346. The van der Waals surface area contributed by atoms with Crippen molar-refractivity contribution in [3.05, 3.63) is 71.5 Å². The second-order valence-corrected chi connectivity index (χ2v) is 8.42. The van der Waals surface area contributed by atoms with Gasteiger partial charge in [-0.1, -0.05) is 19.1 Å². The Labute approximate surface area is 199 Å². The lowest BCUT2D eigenvalue weighted by molar-refractivity contribution is 0.0938. The molecule has 1 aromatic heterocycles. The van der Waals surface area contributed by atoms with E-state index in [2.05, 4.69) is 32.7 Å². The molecular formula is C26H31N5O3. The number of ether oxygens (including phenoxy) is 1. The molecule has 4 rings (SSSR count). The van der Waals surface area contributed by atoms with E-state index in [4.69, 9.17) is 4.74 Å². The molecule has 0 unspecified atom stereocenters. The molecule has 0 radical (unpaired) electrons. The van der Waals surface area contributed by atoms with Crippen LogP contribution in [0.15, 0.2) is 54.9 Å². The number of rotatable bonds is 9. The standard InChI is InChI=1S/C26H31N5O3/c1-3-31-11-5-8-22(31)17-28-25(32)19-7-4-6-18(12-19)14-27-26(33)20-9-10-23(24(13-20)34-2)21-15-29-30-16-21/h4,6-7,9-10,12-13,15-16,22H,3,5,8,11,14,17H2,1-2H3,(H,27,33)(H,28,32)(H,29,30)/t22-/m0/s1. The minimum absolute atomic E-state index is 0.0873. The number of benzene rings is 2. The fourth-order valence-corrected chi connectivity index (χ4v) is 4.43. The molecule has 2 heterocycles. The Morgan fingerprint density at radius 3 is 2.74 bits per heavy atom. The highest BCUT2D eigenvalue weighted by atomic mass is 16.5. The van der Waals surface area contributed by atoms with E-state index in [1.165, 1.54) is 6.42 Å². The van der Waals surface area contributed by atoms with E-state index in [1.54, 1.807) is 37.7 Å². The molecule has 1 atom stereocenters. The summed E-state index contributed by atoms with van der Waals surface area (Å²) in [7, 11) is 1.57. The summed E-state index contributed by atoms with van der Waals surface area (Å²) in [5.74, 6) is 0.292. The first-order valence-electron chi connectivity index (χ1n) is 11.7. The van der Waals surface area contributed by atoms with Crippen molar-refractivity contribution in [2.24, 2.45) is 0 Å². The molecule has 2 amide bonds. The van der Waals surface area contributed by atoms with Crippen LogP contribution in [0.3, 0.4) is 0 Å². The number of hydrogen-bond donors (Lipinski definition) is 3. The zero-order valence-electron chi connectivity index (χ0n) is 19.6. The summed E-state index contributed by atoms with van der Waals surface area (Å²) < 4.78 is 5.47. The molecule has 1 saturated heterocycles. The molecule has 0 aliphatic carbocycles. The van der Waals surface area contributed by atoms with Gasteiger partial charge in [-0.15, -0.1) is 0 Å². The molecule has 0 spiro atoms. The van der Waals surface area contributed by atoms with Gasteiger partial charge in [-0.2, -0.15) is 5.10 Å². The minimum atomic E-state index is -0.215. The van der Waals surface area contributed by atoms with Gasteiger partial charge in [0.25, 0.3) is 11.8 Å². The highest BCUT2D eigenvalue weighted by Gasteiger charge is 2.23. The van der Waals surface area contributed by atoms with E-state index in [0.717, 1.165) is 36.2 Å².